The molecule has 26 heavy (non-hydrogen) atoms. The van der Waals surface area contributed by atoms with Crippen LogP contribution in [0.4, 0.5) is 5.69 Å². The minimum atomic E-state index is -0.306. The van der Waals surface area contributed by atoms with Crippen LogP contribution in [0, 0.1) is 0 Å². The van der Waals surface area contributed by atoms with E-state index in [-0.39, 0.29) is 5.91 Å². The lowest BCUT2D eigenvalue weighted by atomic mass is 10.1. The highest BCUT2D eigenvalue weighted by atomic mass is 79.9. The molecule has 2 aromatic carbocycles. The zero-order valence-electron chi connectivity index (χ0n) is 14.0. The van der Waals surface area contributed by atoms with Crippen molar-refractivity contribution in [2.45, 2.75) is 13.2 Å². The summed E-state index contributed by atoms with van der Waals surface area (Å²) in [6.45, 7) is 0.898. The van der Waals surface area contributed by atoms with E-state index in [9.17, 15) is 4.79 Å². The van der Waals surface area contributed by atoms with Gasteiger partial charge >= 0.3 is 0 Å². The van der Waals surface area contributed by atoms with Crippen LogP contribution >= 0.6 is 15.9 Å². The first kappa shape index (κ1) is 18.1. The number of nitrogens with one attached hydrogen (secondary N) is 2. The molecule has 0 aliphatic rings. The zero-order valence-corrected chi connectivity index (χ0v) is 15.6. The predicted octanol–water partition coefficient (Wildman–Crippen LogP) is 4.32. The fraction of sp³-hybridized carbons (Fsp3) is 0.100. The zero-order chi connectivity index (χ0) is 18.2. The van der Waals surface area contributed by atoms with Crippen molar-refractivity contribution >= 4 is 27.5 Å². The molecule has 6 heteroatoms. The Morgan fingerprint density at radius 3 is 2.54 bits per heavy atom. The van der Waals surface area contributed by atoms with Gasteiger partial charge in [-0.15, -0.1) is 0 Å². The molecule has 2 N–H and O–H groups in total. The maximum atomic E-state index is 12.5. The summed E-state index contributed by atoms with van der Waals surface area (Å²) in [4.78, 5) is 21.9. The monoisotopic (exact) mass is 411 g/mol. The molecule has 0 aliphatic carbocycles. The molecule has 0 saturated heterocycles. The number of anilines is 1. The van der Waals surface area contributed by atoms with Crippen molar-refractivity contribution < 1.29 is 9.63 Å². The fourth-order valence-electron chi connectivity index (χ4n) is 2.37. The van der Waals surface area contributed by atoms with Gasteiger partial charge in [0.2, 0.25) is 0 Å². The Balaban J connectivity index is 1.63. The number of halogens is 1. The Morgan fingerprint density at radius 1 is 1.00 bits per heavy atom. The number of nitrogens with zero attached hydrogens (tertiary/aromatic N) is 1. The van der Waals surface area contributed by atoms with Crippen LogP contribution in [-0.4, -0.2) is 10.9 Å². The van der Waals surface area contributed by atoms with E-state index < -0.39 is 0 Å². The second kappa shape index (κ2) is 9.12. The molecule has 3 aromatic rings. The Morgan fingerprint density at radius 2 is 1.77 bits per heavy atom. The van der Waals surface area contributed by atoms with Crippen molar-refractivity contribution in [1.29, 1.82) is 0 Å². The first-order chi connectivity index (χ1) is 12.7. The molecule has 3 rings (SSSR count). The number of hydroxylamine groups is 1. The van der Waals surface area contributed by atoms with Crippen LogP contribution in [0.25, 0.3) is 0 Å². The summed E-state index contributed by atoms with van der Waals surface area (Å²) in [5.41, 5.74) is 5.80. The average Bonchev–Trinajstić information content (AvgIpc) is 2.68. The van der Waals surface area contributed by atoms with Gasteiger partial charge in [0.15, 0.2) is 0 Å². The number of hydrogen-bond acceptors (Lipinski definition) is 4. The average molecular weight is 412 g/mol. The van der Waals surface area contributed by atoms with E-state index in [2.05, 4.69) is 31.7 Å². The van der Waals surface area contributed by atoms with Gasteiger partial charge in [0.25, 0.3) is 5.91 Å². The fourth-order valence-corrected chi connectivity index (χ4v) is 2.73. The van der Waals surface area contributed by atoms with Gasteiger partial charge in [0.1, 0.15) is 0 Å². The van der Waals surface area contributed by atoms with Gasteiger partial charge in [-0.3, -0.25) is 14.6 Å². The van der Waals surface area contributed by atoms with Gasteiger partial charge < -0.3 is 5.32 Å². The van der Waals surface area contributed by atoms with Gasteiger partial charge in [-0.2, -0.15) is 0 Å². The van der Waals surface area contributed by atoms with Crippen molar-refractivity contribution in [2.75, 3.05) is 5.32 Å². The molecule has 0 fully saturated rings. The highest BCUT2D eigenvalue weighted by molar-refractivity contribution is 9.10. The van der Waals surface area contributed by atoms with Crippen LogP contribution < -0.4 is 10.8 Å². The Bertz CT molecular complexity index is 857. The summed E-state index contributed by atoms with van der Waals surface area (Å²) in [5, 5.41) is 3.28. The first-order valence-electron chi connectivity index (χ1n) is 8.11. The molecule has 0 radical (unpaired) electrons. The molecule has 0 unspecified atom stereocenters. The number of amides is 1. The van der Waals surface area contributed by atoms with Crippen molar-refractivity contribution in [3.63, 3.8) is 0 Å². The first-order valence-corrected chi connectivity index (χ1v) is 8.90. The van der Waals surface area contributed by atoms with Crippen LogP contribution in [0.1, 0.15) is 21.5 Å². The molecule has 0 bridgehead atoms. The lowest BCUT2D eigenvalue weighted by molar-refractivity contribution is 0.0234. The smallest absolute Gasteiger partial charge is 0.276 e. The molecule has 0 saturated carbocycles. The number of hydrogen-bond donors (Lipinski definition) is 2. The third kappa shape index (κ3) is 5.15. The number of benzene rings is 2. The third-order valence-corrected chi connectivity index (χ3v) is 4.20. The van der Waals surface area contributed by atoms with Gasteiger partial charge in [-0.05, 0) is 41.5 Å². The van der Waals surface area contributed by atoms with E-state index in [1.165, 1.54) is 0 Å². The second-order valence-corrected chi connectivity index (χ2v) is 6.52. The standard InChI is InChI=1S/C20H18BrN3O2/c21-17-6-7-19(23-13-15-8-10-22-11-9-15)18(12-17)20(25)24-26-14-16-4-2-1-3-5-16/h1-12,23H,13-14H2,(H,24,25). The molecule has 132 valence electrons. The summed E-state index contributed by atoms with van der Waals surface area (Å²) in [6, 6.07) is 19.0. The molecular weight excluding hydrogens is 394 g/mol. The summed E-state index contributed by atoms with van der Waals surface area (Å²) in [6.07, 6.45) is 3.48. The van der Waals surface area contributed by atoms with E-state index in [0.717, 1.165) is 21.3 Å². The van der Waals surface area contributed by atoms with Gasteiger partial charge in [-0.25, -0.2) is 5.48 Å². The quantitative estimate of drug-likeness (QED) is 0.568. The number of carbonyl (C=O) groups is 1. The third-order valence-electron chi connectivity index (χ3n) is 3.71. The minimum Gasteiger partial charge on any atom is -0.380 e. The summed E-state index contributed by atoms with van der Waals surface area (Å²) in [5.74, 6) is -0.306. The van der Waals surface area contributed by atoms with Crippen LogP contribution in [0.15, 0.2) is 77.5 Å². The maximum absolute atomic E-state index is 12.5. The van der Waals surface area contributed by atoms with Crippen molar-refractivity contribution in [2.24, 2.45) is 0 Å². The number of carbonyl (C=O) groups excluding carboxylic acids is 1. The Kier molecular flexibility index (Phi) is 6.35. The largest absolute Gasteiger partial charge is 0.380 e. The normalized spacial score (nSPS) is 10.3. The SMILES string of the molecule is O=C(NOCc1ccccc1)c1cc(Br)ccc1NCc1ccncc1. The predicted molar refractivity (Wildman–Crippen MR) is 104 cm³/mol. The van der Waals surface area contributed by atoms with E-state index in [1.54, 1.807) is 18.5 Å². The highest BCUT2D eigenvalue weighted by Crippen LogP contribution is 2.22. The lowest BCUT2D eigenvalue weighted by Crippen LogP contribution is -2.24. The molecule has 0 aliphatic heterocycles. The van der Waals surface area contributed by atoms with E-state index in [4.69, 9.17) is 4.84 Å². The summed E-state index contributed by atoms with van der Waals surface area (Å²) in [7, 11) is 0. The molecular formula is C20H18BrN3O2. The Labute approximate surface area is 160 Å². The molecule has 1 heterocycles. The van der Waals surface area contributed by atoms with Crippen molar-refractivity contribution in [3.05, 3.63) is 94.2 Å². The maximum Gasteiger partial charge on any atom is 0.276 e. The highest BCUT2D eigenvalue weighted by Gasteiger charge is 2.12. The topological polar surface area (TPSA) is 63.2 Å². The van der Waals surface area contributed by atoms with E-state index >= 15 is 0 Å². The summed E-state index contributed by atoms with van der Waals surface area (Å²) >= 11 is 3.41. The van der Waals surface area contributed by atoms with Crippen molar-refractivity contribution in [3.8, 4) is 0 Å². The number of rotatable bonds is 7. The van der Waals surface area contributed by atoms with Crippen molar-refractivity contribution in [1.82, 2.24) is 10.5 Å². The van der Waals surface area contributed by atoms with Crippen LogP contribution in [0.2, 0.25) is 0 Å². The minimum absolute atomic E-state index is 0.306. The van der Waals surface area contributed by atoms with Gasteiger partial charge in [-0.1, -0.05) is 46.3 Å². The Hall–Kier alpha value is -2.70. The van der Waals surface area contributed by atoms with E-state index in [1.807, 2.05) is 54.6 Å². The van der Waals surface area contributed by atoms with Crippen LogP contribution in [-0.2, 0) is 18.0 Å². The van der Waals surface area contributed by atoms with E-state index in [0.29, 0.717) is 18.7 Å². The molecule has 0 atom stereocenters. The number of pyridine rings is 1. The van der Waals surface area contributed by atoms with Gasteiger partial charge in [0, 0.05) is 29.1 Å². The molecule has 0 spiro atoms. The second-order valence-electron chi connectivity index (χ2n) is 5.60. The van der Waals surface area contributed by atoms with Crippen LogP contribution in [0.5, 0.6) is 0 Å². The number of aromatic nitrogens is 1. The van der Waals surface area contributed by atoms with Crippen LogP contribution in [0.3, 0.4) is 0 Å². The molecule has 1 aromatic heterocycles. The molecule has 1 amide bonds. The van der Waals surface area contributed by atoms with Gasteiger partial charge in [0.05, 0.1) is 12.2 Å². The summed E-state index contributed by atoms with van der Waals surface area (Å²) < 4.78 is 0.820. The molecule has 5 nitrogen and oxygen atoms in total. The lowest BCUT2D eigenvalue weighted by Gasteiger charge is -2.13.